The Hall–Kier alpha value is -1.39. The molecule has 2 rings (SSSR count). The molecule has 0 aromatic heterocycles. The van der Waals surface area contributed by atoms with Crippen LogP contribution in [0.5, 0.6) is 0 Å². The Morgan fingerprint density at radius 1 is 1.21 bits per heavy atom. The molecule has 0 spiro atoms. The second-order valence-corrected chi connectivity index (χ2v) is 5.34. The van der Waals surface area contributed by atoms with Crippen LogP contribution in [0.2, 0.25) is 0 Å². The molecule has 4 nitrogen and oxygen atoms in total. The molecular formula is C15H21NO3. The number of carbonyl (C=O) groups is 1. The van der Waals surface area contributed by atoms with E-state index in [-0.39, 0.29) is 0 Å². The molecule has 1 aromatic carbocycles. The van der Waals surface area contributed by atoms with Gasteiger partial charge in [-0.3, -0.25) is 10.1 Å². The average molecular weight is 263 g/mol. The Labute approximate surface area is 113 Å². The maximum Gasteiger partial charge on any atom is 0.310 e. The first-order valence-electron chi connectivity index (χ1n) is 6.84. The number of carboxylic acid groups (broad SMARTS) is 1. The van der Waals surface area contributed by atoms with Gasteiger partial charge in [-0.2, -0.15) is 0 Å². The van der Waals surface area contributed by atoms with E-state index in [1.165, 1.54) is 0 Å². The van der Waals surface area contributed by atoms with Gasteiger partial charge in [0.1, 0.15) is 6.23 Å². The van der Waals surface area contributed by atoms with E-state index in [4.69, 9.17) is 0 Å². The minimum Gasteiger partial charge on any atom is -0.481 e. The summed E-state index contributed by atoms with van der Waals surface area (Å²) in [5, 5.41) is 22.5. The van der Waals surface area contributed by atoms with Gasteiger partial charge in [-0.15, -0.1) is 0 Å². The van der Waals surface area contributed by atoms with Gasteiger partial charge in [-0.25, -0.2) is 0 Å². The molecule has 0 radical (unpaired) electrons. The average Bonchev–Trinajstić information content (AvgIpc) is 2.46. The predicted molar refractivity (Wildman–Crippen MR) is 72.6 cm³/mol. The SMILES string of the molecule is O=C(O)C1(CNC(O)c2ccccc2)CCCCC1. The van der Waals surface area contributed by atoms with E-state index in [2.05, 4.69) is 5.32 Å². The van der Waals surface area contributed by atoms with Crippen molar-refractivity contribution in [2.75, 3.05) is 6.54 Å². The van der Waals surface area contributed by atoms with Crippen LogP contribution in [0.3, 0.4) is 0 Å². The summed E-state index contributed by atoms with van der Waals surface area (Å²) >= 11 is 0. The standard InChI is InChI=1S/C15H21NO3/c17-13(12-7-3-1-4-8-12)16-11-15(14(18)19)9-5-2-6-10-15/h1,3-4,7-8,13,16-17H,2,5-6,9-11H2,(H,18,19). The lowest BCUT2D eigenvalue weighted by Crippen LogP contribution is -2.43. The number of aliphatic hydroxyl groups is 1. The van der Waals surface area contributed by atoms with Crippen molar-refractivity contribution >= 4 is 5.97 Å². The summed E-state index contributed by atoms with van der Waals surface area (Å²) in [6.45, 7) is 0.318. The summed E-state index contributed by atoms with van der Waals surface area (Å²) < 4.78 is 0. The molecule has 104 valence electrons. The van der Waals surface area contributed by atoms with E-state index in [0.717, 1.165) is 24.8 Å². The zero-order valence-corrected chi connectivity index (χ0v) is 11.0. The number of rotatable bonds is 5. The van der Waals surface area contributed by atoms with E-state index in [9.17, 15) is 15.0 Å². The third-order valence-electron chi connectivity index (χ3n) is 4.01. The van der Waals surface area contributed by atoms with Crippen molar-refractivity contribution in [3.05, 3.63) is 35.9 Å². The van der Waals surface area contributed by atoms with E-state index in [1.807, 2.05) is 30.3 Å². The summed E-state index contributed by atoms with van der Waals surface area (Å²) in [6, 6.07) is 9.25. The highest BCUT2D eigenvalue weighted by Gasteiger charge is 2.39. The van der Waals surface area contributed by atoms with Crippen molar-refractivity contribution in [1.29, 1.82) is 0 Å². The maximum absolute atomic E-state index is 11.5. The summed E-state index contributed by atoms with van der Waals surface area (Å²) in [7, 11) is 0. The van der Waals surface area contributed by atoms with Crippen molar-refractivity contribution in [1.82, 2.24) is 5.32 Å². The van der Waals surface area contributed by atoms with E-state index >= 15 is 0 Å². The molecular weight excluding hydrogens is 242 g/mol. The van der Waals surface area contributed by atoms with Gasteiger partial charge in [0.15, 0.2) is 0 Å². The lowest BCUT2D eigenvalue weighted by Gasteiger charge is -2.34. The van der Waals surface area contributed by atoms with Gasteiger partial charge < -0.3 is 10.2 Å². The van der Waals surface area contributed by atoms with E-state index in [1.54, 1.807) is 0 Å². The molecule has 1 aromatic rings. The molecule has 0 saturated heterocycles. The minimum absolute atomic E-state index is 0.318. The molecule has 0 aliphatic heterocycles. The predicted octanol–water partition coefficient (Wildman–Crippen LogP) is 2.30. The fourth-order valence-electron chi connectivity index (χ4n) is 2.74. The lowest BCUT2D eigenvalue weighted by atomic mass is 9.74. The first kappa shape index (κ1) is 14.0. The van der Waals surface area contributed by atoms with Crippen molar-refractivity contribution in [2.24, 2.45) is 5.41 Å². The van der Waals surface area contributed by atoms with Gasteiger partial charge >= 0.3 is 5.97 Å². The monoisotopic (exact) mass is 263 g/mol. The second kappa shape index (κ2) is 6.17. The molecule has 19 heavy (non-hydrogen) atoms. The topological polar surface area (TPSA) is 69.6 Å². The highest BCUT2D eigenvalue weighted by atomic mass is 16.4. The molecule has 1 unspecified atom stereocenters. The van der Waals surface area contributed by atoms with Crippen molar-refractivity contribution in [3.63, 3.8) is 0 Å². The Morgan fingerprint density at radius 2 is 1.84 bits per heavy atom. The van der Waals surface area contributed by atoms with Gasteiger partial charge in [-0.05, 0) is 18.4 Å². The highest BCUT2D eigenvalue weighted by Crippen LogP contribution is 2.36. The molecule has 1 saturated carbocycles. The Morgan fingerprint density at radius 3 is 2.42 bits per heavy atom. The first-order valence-corrected chi connectivity index (χ1v) is 6.84. The molecule has 1 atom stereocenters. The van der Waals surface area contributed by atoms with Crippen LogP contribution >= 0.6 is 0 Å². The van der Waals surface area contributed by atoms with Crippen LogP contribution in [0, 0.1) is 5.41 Å². The van der Waals surface area contributed by atoms with Crippen LogP contribution < -0.4 is 5.32 Å². The molecule has 0 amide bonds. The third-order valence-corrected chi connectivity index (χ3v) is 4.01. The number of benzene rings is 1. The summed E-state index contributed by atoms with van der Waals surface area (Å²) in [6.07, 6.45) is 3.59. The quantitative estimate of drug-likeness (QED) is 0.713. The molecule has 1 aliphatic rings. The van der Waals surface area contributed by atoms with Crippen LogP contribution in [0.15, 0.2) is 30.3 Å². The number of carboxylic acids is 1. The largest absolute Gasteiger partial charge is 0.481 e. The van der Waals surface area contributed by atoms with Crippen LogP contribution in [-0.2, 0) is 4.79 Å². The number of aliphatic carboxylic acids is 1. The zero-order chi connectivity index (χ0) is 13.7. The fraction of sp³-hybridized carbons (Fsp3) is 0.533. The van der Waals surface area contributed by atoms with E-state index in [0.29, 0.717) is 19.4 Å². The van der Waals surface area contributed by atoms with E-state index < -0.39 is 17.6 Å². The number of nitrogens with one attached hydrogen (secondary N) is 1. The van der Waals surface area contributed by atoms with Crippen molar-refractivity contribution in [3.8, 4) is 0 Å². The Balaban J connectivity index is 1.97. The van der Waals surface area contributed by atoms with Gasteiger partial charge in [-0.1, -0.05) is 49.6 Å². The number of aliphatic hydroxyl groups excluding tert-OH is 1. The van der Waals surface area contributed by atoms with Crippen LogP contribution in [-0.4, -0.2) is 22.7 Å². The van der Waals surface area contributed by atoms with Gasteiger partial charge in [0, 0.05) is 6.54 Å². The molecule has 0 heterocycles. The minimum atomic E-state index is -0.806. The Bertz CT molecular complexity index is 413. The molecule has 1 fully saturated rings. The molecule has 4 heteroatoms. The third kappa shape index (κ3) is 3.33. The molecule has 3 N–H and O–H groups in total. The van der Waals surface area contributed by atoms with Crippen molar-refractivity contribution in [2.45, 2.75) is 38.3 Å². The first-order chi connectivity index (χ1) is 9.14. The van der Waals surface area contributed by atoms with Gasteiger partial charge in [0.25, 0.3) is 0 Å². The smallest absolute Gasteiger partial charge is 0.310 e. The maximum atomic E-state index is 11.5. The van der Waals surface area contributed by atoms with Crippen LogP contribution in [0.25, 0.3) is 0 Å². The van der Waals surface area contributed by atoms with Crippen LogP contribution in [0.4, 0.5) is 0 Å². The number of hydrogen-bond donors (Lipinski definition) is 3. The van der Waals surface area contributed by atoms with Gasteiger partial charge in [0.2, 0.25) is 0 Å². The van der Waals surface area contributed by atoms with Crippen molar-refractivity contribution < 1.29 is 15.0 Å². The lowest BCUT2D eigenvalue weighted by molar-refractivity contribution is -0.151. The number of hydrogen-bond acceptors (Lipinski definition) is 3. The second-order valence-electron chi connectivity index (χ2n) is 5.34. The Kier molecular flexibility index (Phi) is 4.56. The fourth-order valence-corrected chi connectivity index (χ4v) is 2.74. The molecule has 1 aliphatic carbocycles. The summed E-state index contributed by atoms with van der Waals surface area (Å²) in [5.74, 6) is -0.750. The van der Waals surface area contributed by atoms with Gasteiger partial charge in [0.05, 0.1) is 5.41 Å². The summed E-state index contributed by atoms with van der Waals surface area (Å²) in [5.41, 5.74) is 0.0485. The summed E-state index contributed by atoms with van der Waals surface area (Å²) in [4.78, 5) is 11.5. The zero-order valence-electron chi connectivity index (χ0n) is 11.0. The molecule has 0 bridgehead atoms. The highest BCUT2D eigenvalue weighted by molar-refractivity contribution is 5.75. The normalized spacial score (nSPS) is 19.8. The van der Waals surface area contributed by atoms with Crippen LogP contribution in [0.1, 0.15) is 43.9 Å².